The fourth-order valence-corrected chi connectivity index (χ4v) is 2.80. The van der Waals surface area contributed by atoms with Crippen molar-refractivity contribution in [3.8, 4) is 0 Å². The number of nitrogens with zero attached hydrogens (tertiary/aromatic N) is 2. The number of hydrogen-bond acceptors (Lipinski definition) is 3. The molecule has 0 aromatic heterocycles. The molecule has 0 saturated carbocycles. The molecule has 1 atom stereocenters. The van der Waals surface area contributed by atoms with Crippen molar-refractivity contribution in [3.63, 3.8) is 0 Å². The van der Waals surface area contributed by atoms with Gasteiger partial charge in [0.1, 0.15) is 0 Å². The van der Waals surface area contributed by atoms with Crippen molar-refractivity contribution >= 4 is 0 Å². The van der Waals surface area contributed by atoms with Crippen molar-refractivity contribution in [1.29, 1.82) is 0 Å². The number of piperidine rings is 1. The summed E-state index contributed by atoms with van der Waals surface area (Å²) in [6.45, 7) is 9.97. The molecule has 1 unspecified atom stereocenters. The van der Waals surface area contributed by atoms with Gasteiger partial charge in [0.05, 0.1) is 0 Å². The second-order valence-corrected chi connectivity index (χ2v) is 5.99. The molecule has 3 heteroatoms. The van der Waals surface area contributed by atoms with Crippen molar-refractivity contribution in [2.45, 2.75) is 51.1 Å². The lowest BCUT2D eigenvalue weighted by atomic mass is 9.83. The lowest BCUT2D eigenvalue weighted by Crippen LogP contribution is -2.65. The van der Waals surface area contributed by atoms with Gasteiger partial charge in [-0.3, -0.25) is 4.90 Å². The van der Waals surface area contributed by atoms with Gasteiger partial charge in [-0.2, -0.15) is 0 Å². The van der Waals surface area contributed by atoms with Crippen LogP contribution in [-0.2, 0) is 0 Å². The Hall–Kier alpha value is -0.120. The van der Waals surface area contributed by atoms with Crippen molar-refractivity contribution in [2.75, 3.05) is 33.7 Å². The highest BCUT2D eigenvalue weighted by Gasteiger charge is 2.42. The molecule has 16 heavy (non-hydrogen) atoms. The molecule has 96 valence electrons. The van der Waals surface area contributed by atoms with Gasteiger partial charge in [0.25, 0.3) is 0 Å². The van der Waals surface area contributed by atoms with Crippen LogP contribution < -0.4 is 5.73 Å². The maximum absolute atomic E-state index is 6.08. The second kappa shape index (κ2) is 5.03. The molecular formula is C13H29N3. The van der Waals surface area contributed by atoms with Gasteiger partial charge in [0.15, 0.2) is 0 Å². The van der Waals surface area contributed by atoms with E-state index in [9.17, 15) is 0 Å². The summed E-state index contributed by atoms with van der Waals surface area (Å²) in [5, 5.41) is 0. The van der Waals surface area contributed by atoms with E-state index in [-0.39, 0.29) is 11.1 Å². The van der Waals surface area contributed by atoms with Crippen molar-refractivity contribution in [3.05, 3.63) is 0 Å². The largest absolute Gasteiger partial charge is 0.329 e. The molecular weight excluding hydrogens is 198 g/mol. The van der Waals surface area contributed by atoms with Crippen molar-refractivity contribution in [2.24, 2.45) is 5.73 Å². The minimum absolute atomic E-state index is 0.173. The Morgan fingerprint density at radius 1 is 1.44 bits per heavy atom. The normalized spacial score (nSPS) is 28.7. The summed E-state index contributed by atoms with van der Waals surface area (Å²) in [4.78, 5) is 4.94. The van der Waals surface area contributed by atoms with Gasteiger partial charge in [-0.15, -0.1) is 0 Å². The first-order valence-electron chi connectivity index (χ1n) is 6.50. The molecule has 0 amide bonds. The van der Waals surface area contributed by atoms with Gasteiger partial charge >= 0.3 is 0 Å². The minimum Gasteiger partial charge on any atom is -0.329 e. The van der Waals surface area contributed by atoms with Crippen LogP contribution in [0, 0.1) is 0 Å². The summed E-state index contributed by atoms with van der Waals surface area (Å²) >= 11 is 0. The minimum atomic E-state index is 0.173. The van der Waals surface area contributed by atoms with Crippen LogP contribution in [0.1, 0.15) is 40.0 Å². The first kappa shape index (κ1) is 13.9. The molecule has 0 aromatic carbocycles. The first-order valence-corrected chi connectivity index (χ1v) is 6.50. The fourth-order valence-electron chi connectivity index (χ4n) is 2.80. The van der Waals surface area contributed by atoms with Crippen LogP contribution in [0.3, 0.4) is 0 Å². The smallest absolute Gasteiger partial charge is 0.0460 e. The van der Waals surface area contributed by atoms with E-state index >= 15 is 0 Å². The third-order valence-electron chi connectivity index (χ3n) is 4.61. The standard InChI is InChI=1S/C13H29N3/c1-6-12(2,3)16(5)13(10-14)8-7-9-15(4)11-13/h6-11,14H2,1-5H3. The molecule has 1 rings (SSSR count). The number of hydrogen-bond donors (Lipinski definition) is 1. The van der Waals surface area contributed by atoms with Crippen LogP contribution in [0.25, 0.3) is 0 Å². The van der Waals surface area contributed by atoms with Gasteiger partial charge in [-0.25, -0.2) is 0 Å². The van der Waals surface area contributed by atoms with Crippen LogP contribution in [0.2, 0.25) is 0 Å². The molecule has 0 radical (unpaired) electrons. The number of nitrogens with two attached hydrogens (primary N) is 1. The summed E-state index contributed by atoms with van der Waals surface area (Å²) in [7, 11) is 4.45. The molecule has 0 aromatic rings. The number of likely N-dealkylation sites (tertiary alicyclic amines) is 1. The molecule has 1 aliphatic heterocycles. The molecule has 0 spiro atoms. The summed E-state index contributed by atoms with van der Waals surface area (Å²) in [6.07, 6.45) is 3.65. The average molecular weight is 227 g/mol. The van der Waals surface area contributed by atoms with Crippen LogP contribution >= 0.6 is 0 Å². The van der Waals surface area contributed by atoms with Gasteiger partial charge in [-0.05, 0) is 53.8 Å². The van der Waals surface area contributed by atoms with E-state index in [1.165, 1.54) is 19.4 Å². The Morgan fingerprint density at radius 3 is 2.50 bits per heavy atom. The zero-order valence-electron chi connectivity index (χ0n) is 11.7. The molecule has 1 aliphatic rings. The summed E-state index contributed by atoms with van der Waals surface area (Å²) in [6, 6.07) is 0. The van der Waals surface area contributed by atoms with E-state index in [2.05, 4.69) is 44.7 Å². The number of rotatable bonds is 4. The SMILES string of the molecule is CCC(C)(C)N(C)C1(CN)CCCN(C)C1. The maximum atomic E-state index is 6.08. The predicted molar refractivity (Wildman–Crippen MR) is 70.6 cm³/mol. The summed E-state index contributed by atoms with van der Waals surface area (Å²) < 4.78 is 0. The van der Waals surface area contributed by atoms with Gasteiger partial charge in [0, 0.05) is 24.2 Å². The van der Waals surface area contributed by atoms with Gasteiger partial charge in [-0.1, -0.05) is 6.92 Å². The molecule has 1 heterocycles. The van der Waals surface area contributed by atoms with Crippen LogP contribution in [0.5, 0.6) is 0 Å². The van der Waals surface area contributed by atoms with E-state index in [1.807, 2.05) is 0 Å². The Labute approximate surface area is 101 Å². The van der Waals surface area contributed by atoms with Crippen molar-refractivity contribution < 1.29 is 0 Å². The van der Waals surface area contributed by atoms with E-state index in [1.54, 1.807) is 0 Å². The van der Waals surface area contributed by atoms with E-state index in [4.69, 9.17) is 5.73 Å². The first-order chi connectivity index (χ1) is 7.38. The second-order valence-electron chi connectivity index (χ2n) is 5.99. The highest BCUT2D eigenvalue weighted by atomic mass is 15.3. The zero-order valence-corrected chi connectivity index (χ0v) is 11.7. The Bertz CT molecular complexity index is 227. The summed E-state index contributed by atoms with van der Waals surface area (Å²) in [5.74, 6) is 0. The molecule has 2 N–H and O–H groups in total. The summed E-state index contributed by atoms with van der Waals surface area (Å²) in [5.41, 5.74) is 6.49. The van der Waals surface area contributed by atoms with Gasteiger partial charge in [0.2, 0.25) is 0 Å². The number of likely N-dealkylation sites (N-methyl/N-ethyl adjacent to an activating group) is 2. The maximum Gasteiger partial charge on any atom is 0.0460 e. The molecule has 0 bridgehead atoms. The van der Waals surface area contributed by atoms with Crippen LogP contribution in [-0.4, -0.2) is 54.6 Å². The van der Waals surface area contributed by atoms with E-state index < -0.39 is 0 Å². The zero-order chi connectivity index (χ0) is 12.4. The van der Waals surface area contributed by atoms with Crippen molar-refractivity contribution in [1.82, 2.24) is 9.80 Å². The highest BCUT2D eigenvalue weighted by Crippen LogP contribution is 2.32. The van der Waals surface area contributed by atoms with Crippen LogP contribution in [0.15, 0.2) is 0 Å². The molecule has 1 fully saturated rings. The van der Waals surface area contributed by atoms with E-state index in [0.29, 0.717) is 0 Å². The lowest BCUT2D eigenvalue weighted by molar-refractivity contribution is -0.0205. The van der Waals surface area contributed by atoms with Gasteiger partial charge < -0.3 is 10.6 Å². The topological polar surface area (TPSA) is 32.5 Å². The molecule has 3 nitrogen and oxygen atoms in total. The monoisotopic (exact) mass is 227 g/mol. The third-order valence-corrected chi connectivity index (χ3v) is 4.61. The lowest BCUT2D eigenvalue weighted by Gasteiger charge is -2.53. The Morgan fingerprint density at radius 2 is 2.06 bits per heavy atom. The average Bonchev–Trinajstić information content (AvgIpc) is 2.27. The molecule has 1 saturated heterocycles. The Balaban J connectivity index is 2.86. The predicted octanol–water partition coefficient (Wildman–Crippen LogP) is 1.53. The van der Waals surface area contributed by atoms with E-state index in [0.717, 1.165) is 19.5 Å². The highest BCUT2D eigenvalue weighted by molar-refractivity contribution is 5.00. The Kier molecular flexibility index (Phi) is 4.38. The molecule has 0 aliphatic carbocycles. The quantitative estimate of drug-likeness (QED) is 0.790. The fraction of sp³-hybridized carbons (Fsp3) is 1.00. The third kappa shape index (κ3) is 2.58. The van der Waals surface area contributed by atoms with Crippen LogP contribution in [0.4, 0.5) is 0 Å².